The van der Waals surface area contributed by atoms with Crippen LogP contribution in [0, 0.1) is 5.92 Å². The van der Waals surface area contributed by atoms with E-state index >= 15 is 0 Å². The van der Waals surface area contributed by atoms with Crippen LogP contribution in [0.25, 0.3) is 0 Å². The molecule has 1 aliphatic rings. The zero-order valence-electron chi connectivity index (χ0n) is 9.39. The fourth-order valence-corrected chi connectivity index (χ4v) is 2.47. The summed E-state index contributed by atoms with van der Waals surface area (Å²) in [5.41, 5.74) is 0.954. The number of rotatable bonds is 4. The number of aliphatic hydroxyl groups is 1. The number of hydrogen-bond donors (Lipinski definition) is 1. The highest BCUT2D eigenvalue weighted by Crippen LogP contribution is 2.31. The Morgan fingerprint density at radius 1 is 1.53 bits per heavy atom. The molecule has 1 N–H and O–H groups in total. The summed E-state index contributed by atoms with van der Waals surface area (Å²) in [6.07, 6.45) is 10.9. The lowest BCUT2D eigenvalue weighted by Gasteiger charge is -2.12. The summed E-state index contributed by atoms with van der Waals surface area (Å²) in [6.45, 7) is 0. The van der Waals surface area contributed by atoms with E-state index in [-0.39, 0.29) is 6.10 Å². The topological polar surface area (TPSA) is 38.0 Å². The maximum Gasteiger partial charge on any atom is 0.0820 e. The zero-order chi connectivity index (χ0) is 10.7. The SMILES string of the molecule is Cn1cc(C(O)CCC2CCCC2)cn1. The van der Waals surface area contributed by atoms with Crippen molar-refractivity contribution in [1.29, 1.82) is 0 Å². The van der Waals surface area contributed by atoms with E-state index in [1.54, 1.807) is 10.9 Å². The van der Waals surface area contributed by atoms with Crippen molar-refractivity contribution in [2.45, 2.75) is 44.6 Å². The van der Waals surface area contributed by atoms with Gasteiger partial charge >= 0.3 is 0 Å². The number of aryl methyl sites for hydroxylation is 1. The maximum absolute atomic E-state index is 9.94. The summed E-state index contributed by atoms with van der Waals surface area (Å²) in [5, 5.41) is 14.0. The van der Waals surface area contributed by atoms with Crippen molar-refractivity contribution >= 4 is 0 Å². The molecule has 0 bridgehead atoms. The quantitative estimate of drug-likeness (QED) is 0.825. The average Bonchev–Trinajstić information content (AvgIpc) is 2.84. The summed E-state index contributed by atoms with van der Waals surface area (Å²) in [6, 6.07) is 0. The van der Waals surface area contributed by atoms with E-state index in [0.717, 1.165) is 24.3 Å². The van der Waals surface area contributed by atoms with Gasteiger partial charge in [-0.25, -0.2) is 0 Å². The number of aliphatic hydroxyl groups excluding tert-OH is 1. The van der Waals surface area contributed by atoms with Crippen molar-refractivity contribution in [2.75, 3.05) is 0 Å². The molecule has 1 fully saturated rings. The van der Waals surface area contributed by atoms with Crippen molar-refractivity contribution in [3.63, 3.8) is 0 Å². The Balaban J connectivity index is 1.79. The smallest absolute Gasteiger partial charge is 0.0820 e. The molecule has 1 heterocycles. The van der Waals surface area contributed by atoms with E-state index in [4.69, 9.17) is 0 Å². The fourth-order valence-electron chi connectivity index (χ4n) is 2.47. The Hall–Kier alpha value is -0.830. The molecule has 0 aliphatic heterocycles. The van der Waals surface area contributed by atoms with Crippen LogP contribution in [-0.4, -0.2) is 14.9 Å². The van der Waals surface area contributed by atoms with Crippen LogP contribution in [-0.2, 0) is 7.05 Å². The molecular formula is C12H20N2O. The molecule has 0 spiro atoms. The lowest BCUT2D eigenvalue weighted by Crippen LogP contribution is -2.00. The molecule has 0 radical (unpaired) electrons. The molecule has 1 unspecified atom stereocenters. The van der Waals surface area contributed by atoms with Gasteiger partial charge in [0.25, 0.3) is 0 Å². The monoisotopic (exact) mass is 208 g/mol. The van der Waals surface area contributed by atoms with Gasteiger partial charge < -0.3 is 5.11 Å². The molecule has 1 aromatic rings. The zero-order valence-corrected chi connectivity index (χ0v) is 9.39. The van der Waals surface area contributed by atoms with Crippen molar-refractivity contribution in [1.82, 2.24) is 9.78 Å². The number of hydrogen-bond acceptors (Lipinski definition) is 2. The van der Waals surface area contributed by atoms with Gasteiger partial charge in [-0.15, -0.1) is 0 Å². The molecule has 0 aromatic carbocycles. The third kappa shape index (κ3) is 2.81. The summed E-state index contributed by atoms with van der Waals surface area (Å²) in [7, 11) is 1.88. The van der Waals surface area contributed by atoms with E-state index in [9.17, 15) is 5.11 Å². The molecule has 1 aromatic heterocycles. The summed E-state index contributed by atoms with van der Waals surface area (Å²) in [4.78, 5) is 0. The van der Waals surface area contributed by atoms with Gasteiger partial charge in [-0.3, -0.25) is 4.68 Å². The van der Waals surface area contributed by atoms with Crippen LogP contribution in [0.3, 0.4) is 0 Å². The largest absolute Gasteiger partial charge is 0.388 e. The molecule has 1 aliphatic carbocycles. The van der Waals surface area contributed by atoms with Crippen molar-refractivity contribution in [2.24, 2.45) is 13.0 Å². The minimum absolute atomic E-state index is 0.320. The van der Waals surface area contributed by atoms with Gasteiger partial charge in [0.1, 0.15) is 0 Å². The first-order valence-electron chi connectivity index (χ1n) is 5.92. The first-order valence-corrected chi connectivity index (χ1v) is 5.92. The molecule has 1 saturated carbocycles. The third-order valence-electron chi connectivity index (χ3n) is 3.43. The minimum atomic E-state index is -0.320. The average molecular weight is 208 g/mol. The van der Waals surface area contributed by atoms with Crippen LogP contribution >= 0.6 is 0 Å². The summed E-state index contributed by atoms with van der Waals surface area (Å²) in [5.74, 6) is 0.858. The number of nitrogens with zero attached hydrogens (tertiary/aromatic N) is 2. The van der Waals surface area contributed by atoms with Crippen molar-refractivity contribution in [3.05, 3.63) is 18.0 Å². The highest BCUT2D eigenvalue weighted by Gasteiger charge is 2.17. The van der Waals surface area contributed by atoms with Gasteiger partial charge in [-0.2, -0.15) is 5.10 Å². The van der Waals surface area contributed by atoms with E-state index < -0.39 is 0 Å². The summed E-state index contributed by atoms with van der Waals surface area (Å²) >= 11 is 0. The van der Waals surface area contributed by atoms with Gasteiger partial charge in [0.05, 0.1) is 12.3 Å². The lowest BCUT2D eigenvalue weighted by atomic mass is 9.98. The van der Waals surface area contributed by atoms with Gasteiger partial charge in [0.2, 0.25) is 0 Å². The maximum atomic E-state index is 9.94. The van der Waals surface area contributed by atoms with Crippen molar-refractivity contribution < 1.29 is 5.11 Å². The van der Waals surface area contributed by atoms with Crippen LogP contribution in [0.4, 0.5) is 0 Å². The molecule has 1 atom stereocenters. The second kappa shape index (κ2) is 4.79. The molecule has 2 rings (SSSR count). The Morgan fingerprint density at radius 3 is 2.87 bits per heavy atom. The van der Waals surface area contributed by atoms with Gasteiger partial charge in [0.15, 0.2) is 0 Å². The molecule has 15 heavy (non-hydrogen) atoms. The highest BCUT2D eigenvalue weighted by atomic mass is 16.3. The van der Waals surface area contributed by atoms with E-state index in [0.29, 0.717) is 0 Å². The summed E-state index contributed by atoms with van der Waals surface area (Å²) < 4.78 is 1.74. The van der Waals surface area contributed by atoms with E-state index in [2.05, 4.69) is 5.10 Å². The Kier molecular flexibility index (Phi) is 3.41. The first-order chi connectivity index (χ1) is 7.25. The highest BCUT2D eigenvalue weighted by molar-refractivity contribution is 5.07. The fraction of sp³-hybridized carbons (Fsp3) is 0.750. The Bertz CT molecular complexity index is 302. The molecular weight excluding hydrogens is 188 g/mol. The standard InChI is InChI=1S/C12H20N2O/c1-14-9-11(8-13-14)12(15)7-6-10-4-2-3-5-10/h8-10,12,15H,2-7H2,1H3. The normalized spacial score (nSPS) is 19.6. The van der Waals surface area contributed by atoms with Crippen LogP contribution in [0.5, 0.6) is 0 Å². The van der Waals surface area contributed by atoms with Gasteiger partial charge in [0, 0.05) is 18.8 Å². The lowest BCUT2D eigenvalue weighted by molar-refractivity contribution is 0.157. The molecule has 0 saturated heterocycles. The third-order valence-corrected chi connectivity index (χ3v) is 3.43. The van der Waals surface area contributed by atoms with Crippen LogP contribution in [0.15, 0.2) is 12.4 Å². The predicted octanol–water partition coefficient (Wildman–Crippen LogP) is 2.42. The van der Waals surface area contributed by atoms with E-state index in [1.165, 1.54) is 25.7 Å². The van der Waals surface area contributed by atoms with Crippen LogP contribution in [0.1, 0.15) is 50.2 Å². The van der Waals surface area contributed by atoms with Crippen molar-refractivity contribution in [3.8, 4) is 0 Å². The van der Waals surface area contributed by atoms with E-state index in [1.807, 2.05) is 13.2 Å². The predicted molar refractivity (Wildman–Crippen MR) is 59.4 cm³/mol. The van der Waals surface area contributed by atoms with Crippen LogP contribution in [0.2, 0.25) is 0 Å². The molecule has 3 heteroatoms. The van der Waals surface area contributed by atoms with Gasteiger partial charge in [-0.05, 0) is 18.8 Å². The molecule has 0 amide bonds. The second-order valence-electron chi connectivity index (χ2n) is 4.69. The Morgan fingerprint density at radius 2 is 2.27 bits per heavy atom. The molecule has 84 valence electrons. The molecule has 3 nitrogen and oxygen atoms in total. The second-order valence-corrected chi connectivity index (χ2v) is 4.69. The van der Waals surface area contributed by atoms with Crippen LogP contribution < -0.4 is 0 Å². The number of aromatic nitrogens is 2. The Labute approximate surface area is 91.1 Å². The first kappa shape index (κ1) is 10.7. The van der Waals surface area contributed by atoms with Gasteiger partial charge in [-0.1, -0.05) is 25.7 Å². The minimum Gasteiger partial charge on any atom is -0.388 e.